The van der Waals surface area contributed by atoms with E-state index in [1.807, 2.05) is 67.6 Å². The number of anilines is 1. The van der Waals surface area contributed by atoms with E-state index in [1.165, 1.54) is 0 Å². The van der Waals surface area contributed by atoms with E-state index in [0.29, 0.717) is 30.2 Å². The molecule has 0 saturated carbocycles. The summed E-state index contributed by atoms with van der Waals surface area (Å²) < 4.78 is 11.3. The van der Waals surface area contributed by atoms with Gasteiger partial charge in [-0.1, -0.05) is 48.5 Å². The molecule has 4 nitrogen and oxygen atoms in total. The van der Waals surface area contributed by atoms with Gasteiger partial charge in [0.05, 0.1) is 12.2 Å². The summed E-state index contributed by atoms with van der Waals surface area (Å²) in [4.78, 5) is 12.7. The van der Waals surface area contributed by atoms with Crippen molar-refractivity contribution in [3.8, 4) is 11.5 Å². The highest BCUT2D eigenvalue weighted by Gasteiger charge is 2.13. The highest BCUT2D eigenvalue weighted by atomic mass is 16.5. The number of carbonyl (C=O) groups excluding carboxylic acids is 1. The van der Waals surface area contributed by atoms with E-state index >= 15 is 0 Å². The van der Waals surface area contributed by atoms with Gasteiger partial charge in [-0.25, -0.2) is 0 Å². The largest absolute Gasteiger partial charge is 0.494 e. The summed E-state index contributed by atoms with van der Waals surface area (Å²) in [5, 5.41) is 2.90. The standard InChI is InChI=1S/C22H21NO3/c1-2-25-19-12-8-11-18(15-19)23-22(24)20-13-6-7-14-21(20)26-16-17-9-4-3-5-10-17/h3-15H,2,16H2,1H3,(H,23,24). The van der Waals surface area contributed by atoms with Gasteiger partial charge in [-0.05, 0) is 36.8 Å². The molecule has 0 unspecified atom stereocenters. The van der Waals surface area contributed by atoms with E-state index < -0.39 is 0 Å². The lowest BCUT2D eigenvalue weighted by Gasteiger charge is -2.12. The SMILES string of the molecule is CCOc1cccc(NC(=O)c2ccccc2OCc2ccccc2)c1. The van der Waals surface area contributed by atoms with Gasteiger partial charge < -0.3 is 14.8 Å². The molecule has 3 rings (SSSR count). The maximum Gasteiger partial charge on any atom is 0.259 e. The average molecular weight is 347 g/mol. The predicted octanol–water partition coefficient (Wildman–Crippen LogP) is 4.92. The van der Waals surface area contributed by atoms with Gasteiger partial charge in [0.25, 0.3) is 5.91 Å². The van der Waals surface area contributed by atoms with Gasteiger partial charge in [0.1, 0.15) is 18.1 Å². The number of para-hydroxylation sites is 1. The quantitative estimate of drug-likeness (QED) is 0.660. The molecule has 3 aromatic carbocycles. The van der Waals surface area contributed by atoms with Crippen LogP contribution in [-0.2, 0) is 6.61 Å². The first-order chi connectivity index (χ1) is 12.8. The number of benzene rings is 3. The van der Waals surface area contributed by atoms with Crippen LogP contribution in [0.4, 0.5) is 5.69 Å². The molecular formula is C22H21NO3. The van der Waals surface area contributed by atoms with E-state index in [0.717, 1.165) is 11.3 Å². The minimum absolute atomic E-state index is 0.220. The first-order valence-electron chi connectivity index (χ1n) is 8.56. The highest BCUT2D eigenvalue weighted by Crippen LogP contribution is 2.22. The predicted molar refractivity (Wildman–Crippen MR) is 103 cm³/mol. The average Bonchev–Trinajstić information content (AvgIpc) is 2.68. The molecular weight excluding hydrogens is 326 g/mol. The van der Waals surface area contributed by atoms with Gasteiger partial charge in [-0.15, -0.1) is 0 Å². The Bertz CT molecular complexity index is 862. The normalized spacial score (nSPS) is 10.2. The van der Waals surface area contributed by atoms with Crippen molar-refractivity contribution < 1.29 is 14.3 Å². The first-order valence-corrected chi connectivity index (χ1v) is 8.56. The summed E-state index contributed by atoms with van der Waals surface area (Å²) in [6.45, 7) is 2.91. The molecule has 0 radical (unpaired) electrons. The lowest BCUT2D eigenvalue weighted by molar-refractivity contribution is 0.102. The third-order valence-corrected chi connectivity index (χ3v) is 3.77. The molecule has 0 atom stereocenters. The van der Waals surface area contributed by atoms with E-state index in [-0.39, 0.29) is 5.91 Å². The number of carbonyl (C=O) groups is 1. The number of hydrogen-bond donors (Lipinski definition) is 1. The minimum atomic E-state index is -0.220. The maximum absolute atomic E-state index is 12.7. The fraction of sp³-hybridized carbons (Fsp3) is 0.136. The second-order valence-electron chi connectivity index (χ2n) is 5.69. The van der Waals surface area contributed by atoms with Crippen molar-refractivity contribution >= 4 is 11.6 Å². The Morgan fingerprint density at radius 1 is 0.885 bits per heavy atom. The van der Waals surface area contributed by atoms with Gasteiger partial charge in [0, 0.05) is 11.8 Å². The summed E-state index contributed by atoms with van der Waals surface area (Å²) >= 11 is 0. The molecule has 26 heavy (non-hydrogen) atoms. The molecule has 132 valence electrons. The van der Waals surface area contributed by atoms with E-state index in [1.54, 1.807) is 18.2 Å². The summed E-state index contributed by atoms with van der Waals surface area (Å²) in [7, 11) is 0. The van der Waals surface area contributed by atoms with Crippen molar-refractivity contribution in [2.24, 2.45) is 0 Å². The van der Waals surface area contributed by atoms with Crippen LogP contribution in [0.1, 0.15) is 22.8 Å². The van der Waals surface area contributed by atoms with E-state index in [4.69, 9.17) is 9.47 Å². The maximum atomic E-state index is 12.7. The number of rotatable bonds is 7. The van der Waals surface area contributed by atoms with Crippen LogP contribution in [0, 0.1) is 0 Å². The zero-order valence-electron chi connectivity index (χ0n) is 14.6. The molecule has 0 aromatic heterocycles. The van der Waals surface area contributed by atoms with Crippen LogP contribution in [0.3, 0.4) is 0 Å². The number of hydrogen-bond acceptors (Lipinski definition) is 3. The Labute approximate surface area is 153 Å². The fourth-order valence-corrected chi connectivity index (χ4v) is 2.54. The topological polar surface area (TPSA) is 47.6 Å². The highest BCUT2D eigenvalue weighted by molar-refractivity contribution is 6.06. The molecule has 0 fully saturated rings. The van der Waals surface area contributed by atoms with Crippen LogP contribution in [0.2, 0.25) is 0 Å². The van der Waals surface area contributed by atoms with Crippen molar-refractivity contribution in [1.29, 1.82) is 0 Å². The lowest BCUT2D eigenvalue weighted by Crippen LogP contribution is -2.13. The minimum Gasteiger partial charge on any atom is -0.494 e. The molecule has 0 aliphatic rings. The van der Waals surface area contributed by atoms with Crippen LogP contribution in [0.25, 0.3) is 0 Å². The van der Waals surface area contributed by atoms with Crippen molar-refractivity contribution in [3.63, 3.8) is 0 Å². The first kappa shape index (κ1) is 17.5. The molecule has 0 heterocycles. The van der Waals surface area contributed by atoms with Crippen LogP contribution in [-0.4, -0.2) is 12.5 Å². The second kappa shape index (κ2) is 8.72. The monoisotopic (exact) mass is 347 g/mol. The van der Waals surface area contributed by atoms with Crippen molar-refractivity contribution in [3.05, 3.63) is 90.0 Å². The van der Waals surface area contributed by atoms with Crippen LogP contribution in [0.15, 0.2) is 78.9 Å². The van der Waals surface area contributed by atoms with Crippen LogP contribution >= 0.6 is 0 Å². The van der Waals surface area contributed by atoms with Gasteiger partial charge in [-0.3, -0.25) is 4.79 Å². The fourth-order valence-electron chi connectivity index (χ4n) is 2.54. The van der Waals surface area contributed by atoms with Crippen LogP contribution < -0.4 is 14.8 Å². The third-order valence-electron chi connectivity index (χ3n) is 3.77. The van der Waals surface area contributed by atoms with Crippen molar-refractivity contribution in [1.82, 2.24) is 0 Å². The molecule has 1 amide bonds. The van der Waals surface area contributed by atoms with Gasteiger partial charge in [0.2, 0.25) is 0 Å². The Balaban J connectivity index is 1.72. The number of ether oxygens (including phenoxy) is 2. The molecule has 0 aliphatic heterocycles. The summed E-state index contributed by atoms with van der Waals surface area (Å²) in [5.41, 5.74) is 2.22. The van der Waals surface area contributed by atoms with E-state index in [9.17, 15) is 4.79 Å². The molecule has 0 saturated heterocycles. The smallest absolute Gasteiger partial charge is 0.259 e. The number of nitrogens with one attached hydrogen (secondary N) is 1. The summed E-state index contributed by atoms with van der Waals surface area (Å²) in [5.74, 6) is 1.05. The summed E-state index contributed by atoms with van der Waals surface area (Å²) in [6, 6.07) is 24.4. The Morgan fingerprint density at radius 2 is 1.65 bits per heavy atom. The Morgan fingerprint density at radius 3 is 2.46 bits per heavy atom. The van der Waals surface area contributed by atoms with Gasteiger partial charge >= 0.3 is 0 Å². The van der Waals surface area contributed by atoms with E-state index in [2.05, 4.69) is 5.32 Å². The molecule has 0 spiro atoms. The number of amides is 1. The second-order valence-corrected chi connectivity index (χ2v) is 5.69. The van der Waals surface area contributed by atoms with Crippen molar-refractivity contribution in [2.75, 3.05) is 11.9 Å². The third kappa shape index (κ3) is 4.63. The molecule has 4 heteroatoms. The van der Waals surface area contributed by atoms with Gasteiger partial charge in [0.15, 0.2) is 0 Å². The summed E-state index contributed by atoms with van der Waals surface area (Å²) in [6.07, 6.45) is 0. The Hall–Kier alpha value is -3.27. The molecule has 3 aromatic rings. The van der Waals surface area contributed by atoms with Crippen LogP contribution in [0.5, 0.6) is 11.5 Å². The Kier molecular flexibility index (Phi) is 5.88. The van der Waals surface area contributed by atoms with Crippen molar-refractivity contribution in [2.45, 2.75) is 13.5 Å². The molecule has 0 bridgehead atoms. The zero-order valence-corrected chi connectivity index (χ0v) is 14.6. The lowest BCUT2D eigenvalue weighted by atomic mass is 10.1. The molecule has 0 aliphatic carbocycles. The molecule has 1 N–H and O–H groups in total. The zero-order chi connectivity index (χ0) is 18.2. The van der Waals surface area contributed by atoms with Gasteiger partial charge in [-0.2, -0.15) is 0 Å².